The van der Waals surface area contributed by atoms with Gasteiger partial charge in [-0.3, -0.25) is 0 Å². The summed E-state index contributed by atoms with van der Waals surface area (Å²) in [5.41, 5.74) is -0.222. The maximum atomic E-state index is 16.9. The van der Waals surface area contributed by atoms with Crippen molar-refractivity contribution >= 4 is 39.1 Å². The molecule has 0 amide bonds. The van der Waals surface area contributed by atoms with Gasteiger partial charge in [-0.25, -0.2) is 0 Å². The van der Waals surface area contributed by atoms with Gasteiger partial charge >= 0.3 is 316 Å². The number of pyridine rings is 1. The number of rotatable bonds is 11. The summed E-state index contributed by atoms with van der Waals surface area (Å²) in [5, 5.41) is 31.2. The van der Waals surface area contributed by atoms with Crippen molar-refractivity contribution in [3.8, 4) is 23.3 Å². The van der Waals surface area contributed by atoms with Crippen LogP contribution in [0.5, 0.6) is 6.01 Å². The molecule has 2 aromatic carbocycles. The molecule has 6 rings (SSSR count). The van der Waals surface area contributed by atoms with Gasteiger partial charge in [-0.15, -0.1) is 0 Å². The van der Waals surface area contributed by atoms with E-state index in [0.717, 1.165) is 25.7 Å². The van der Waals surface area contributed by atoms with Gasteiger partial charge in [-0.2, -0.15) is 0 Å². The van der Waals surface area contributed by atoms with Crippen LogP contribution in [0.3, 0.4) is 0 Å². The van der Waals surface area contributed by atoms with Crippen molar-refractivity contribution in [3.05, 3.63) is 65.6 Å². The van der Waals surface area contributed by atoms with E-state index in [1.165, 1.54) is 12.3 Å². The second-order valence-corrected chi connectivity index (χ2v) is 19.7. The number of alkyl halides is 2. The Labute approximate surface area is 314 Å². The first kappa shape index (κ1) is 37.2. The zero-order chi connectivity index (χ0) is 35.7. The van der Waals surface area contributed by atoms with Gasteiger partial charge in [-0.05, 0) is 0 Å². The zero-order valence-electron chi connectivity index (χ0n) is 27.3. The van der Waals surface area contributed by atoms with Crippen molar-refractivity contribution in [3.63, 3.8) is 0 Å². The molecule has 16 heteroatoms. The number of aliphatic hydroxyl groups is 2. The number of hydrogen-bond acceptors (Lipinski definition) is 10. The van der Waals surface area contributed by atoms with Gasteiger partial charge in [0.15, 0.2) is 0 Å². The first-order chi connectivity index (χ1) is 24.0. The Morgan fingerprint density at radius 1 is 1.28 bits per heavy atom. The van der Waals surface area contributed by atoms with Crippen molar-refractivity contribution in [2.45, 2.75) is 60.9 Å². The number of fused-ring (bicyclic) bond motifs is 2. The van der Waals surface area contributed by atoms with Crippen molar-refractivity contribution in [1.82, 2.24) is 24.8 Å². The molecule has 268 valence electrons. The summed E-state index contributed by atoms with van der Waals surface area (Å²) in [6, 6.07) is 9.99. The molecule has 4 heterocycles. The quantitative estimate of drug-likeness (QED) is 0.0915. The molecule has 0 spiro atoms. The average Bonchev–Trinajstić information content (AvgIpc) is 3.43. The van der Waals surface area contributed by atoms with Crippen molar-refractivity contribution in [2.75, 3.05) is 26.1 Å². The van der Waals surface area contributed by atoms with Gasteiger partial charge in [0.25, 0.3) is 0 Å². The van der Waals surface area contributed by atoms with Crippen LogP contribution in [0, 0.1) is 23.0 Å². The third-order valence-corrected chi connectivity index (χ3v) is 17.7. The number of likely N-dealkylation sites (N-methyl/N-ethyl adjacent to an activating group) is 1. The number of halogens is 6. The first-order valence-corrected chi connectivity index (χ1v) is 21.0. The summed E-state index contributed by atoms with van der Waals surface area (Å²) in [6.07, 6.45) is 3.26. The molecule has 0 aliphatic carbocycles. The Kier molecular flexibility index (Phi) is 11.6. The molecule has 0 saturated carbocycles. The number of nitriles is 1. The van der Waals surface area contributed by atoms with Crippen LogP contribution in [0.1, 0.15) is 39.0 Å². The van der Waals surface area contributed by atoms with Gasteiger partial charge < -0.3 is 0 Å². The molecule has 2 aliphatic heterocycles. The Balaban J connectivity index is 1.47. The third kappa shape index (κ3) is 6.96. The van der Waals surface area contributed by atoms with E-state index < -0.39 is 70.7 Å². The predicted octanol–water partition coefficient (Wildman–Crippen LogP) is -0.0903. The molecular weight excluding hydrogens is 901 g/mol. The Morgan fingerprint density at radius 2 is 2.08 bits per heavy atom. The van der Waals surface area contributed by atoms with Crippen LogP contribution >= 0.6 is 11.6 Å². The molecule has 2 saturated heterocycles. The molecule has 0 bridgehead atoms. The Morgan fingerprint density at radius 3 is 2.78 bits per heavy atom. The standard InChI is InChI=1S/C34H35ClF3I2N7O3/c1-4-12-34(13-10-21(16-48)45(34)3)17-50-33-43-30-23(31(44-33)47-39-18-46(32(49)19(2)36)25(40-47)11-14-41)15-42-29(28(30)38)22-7-5-6-20-8-9-24(37)27(35)26(20)22/h5-9,15,21,25,32,48-49H,2,4,10-13,16-18H2,1,3H3/q-2/t21?,25-,32?,34-/m0/s1. The zero-order valence-corrected chi connectivity index (χ0v) is 32.3. The summed E-state index contributed by atoms with van der Waals surface area (Å²) in [7, 11) is 1.97. The second kappa shape index (κ2) is 15.6. The molecule has 2 unspecified atom stereocenters. The monoisotopic (exact) mass is 935 g/mol. The summed E-state index contributed by atoms with van der Waals surface area (Å²) >= 11 is 4.34. The number of benzene rings is 2. The predicted molar refractivity (Wildman–Crippen MR) is 176 cm³/mol. The molecule has 2 fully saturated rings. The fourth-order valence-electron chi connectivity index (χ4n) is 6.62. The van der Waals surface area contributed by atoms with Gasteiger partial charge in [0.05, 0.1) is 0 Å². The molecule has 2 aliphatic rings. The van der Waals surface area contributed by atoms with E-state index in [-0.39, 0.29) is 58.0 Å². The van der Waals surface area contributed by atoms with E-state index in [1.807, 2.05) is 8.37 Å². The van der Waals surface area contributed by atoms with Gasteiger partial charge in [-0.1, -0.05) is 0 Å². The molecule has 4 atom stereocenters. The summed E-state index contributed by atoms with van der Waals surface area (Å²) < 4.78 is 53.7. The maximum absolute atomic E-state index is 16.9. The molecule has 2 aromatic heterocycles. The summed E-state index contributed by atoms with van der Waals surface area (Å²) in [6.45, 7) is 5.56. The molecule has 4 aromatic rings. The second-order valence-electron chi connectivity index (χ2n) is 12.2. The van der Waals surface area contributed by atoms with Crippen LogP contribution in [0.4, 0.5) is 19.0 Å². The van der Waals surface area contributed by atoms with Crippen molar-refractivity contribution in [2.24, 2.45) is 0 Å². The Bertz CT molecular complexity index is 1970. The Hall–Kier alpha value is -2.60. The number of likely N-dealkylation sites (tertiary alicyclic amines) is 1. The minimum absolute atomic E-state index is 0.0136. The van der Waals surface area contributed by atoms with Crippen molar-refractivity contribution < 1.29 is 71.1 Å². The summed E-state index contributed by atoms with van der Waals surface area (Å²) in [4.78, 5) is 17.6. The van der Waals surface area contributed by atoms with Crippen LogP contribution in [-0.4, -0.2) is 81.6 Å². The summed E-state index contributed by atoms with van der Waals surface area (Å²) in [5.74, 6) is -1.92. The number of anilines is 1. The van der Waals surface area contributed by atoms with Crippen LogP contribution in [0.25, 0.3) is 32.9 Å². The fourth-order valence-corrected chi connectivity index (χ4v) is 15.8. The van der Waals surface area contributed by atoms with E-state index in [0.29, 0.717) is 27.5 Å². The van der Waals surface area contributed by atoms with Crippen molar-refractivity contribution in [1.29, 1.82) is 5.26 Å². The number of nitrogens with zero attached hydrogens (tertiary/aromatic N) is 7. The fraction of sp³-hybridized carbons (Fsp3) is 0.412. The number of aromatic nitrogens is 3. The van der Waals surface area contributed by atoms with Crippen LogP contribution < -0.4 is 49.0 Å². The number of aliphatic hydroxyl groups excluding tert-OH is 2. The minimum atomic E-state index is -1.53. The van der Waals surface area contributed by atoms with Crippen LogP contribution in [-0.2, 0) is 0 Å². The van der Waals surface area contributed by atoms with Crippen LogP contribution in [0.15, 0.2) is 48.9 Å². The normalized spacial score (nSPS) is 22.6. The molecular formula is C34H35ClF3I2N7O3-2. The molecule has 50 heavy (non-hydrogen) atoms. The molecule has 10 nitrogen and oxygen atoms in total. The average molecular weight is 936 g/mol. The van der Waals surface area contributed by atoms with E-state index in [1.54, 1.807) is 29.2 Å². The molecule has 2 N–H and O–H groups in total. The first-order valence-electron chi connectivity index (χ1n) is 15.9. The van der Waals surface area contributed by atoms with E-state index in [2.05, 4.69) is 34.4 Å². The van der Waals surface area contributed by atoms with Gasteiger partial charge in [0.1, 0.15) is 0 Å². The van der Waals surface area contributed by atoms with E-state index in [9.17, 15) is 24.3 Å². The van der Waals surface area contributed by atoms with Gasteiger partial charge in [0, 0.05) is 0 Å². The van der Waals surface area contributed by atoms with E-state index >= 15 is 4.39 Å². The number of ether oxygens (including phenoxy) is 1. The van der Waals surface area contributed by atoms with Crippen LogP contribution in [0.2, 0.25) is 5.02 Å². The SMILES string of the molecule is C=C(F)C(O)N1C[I-]N(c2nc(OC[C@]3(CCC)CCC(CO)N3C)nc3c(F)c(-c4cccc5ccc(F)c(Cl)c45)ncc23)[I-][C@@H]1CC#N. The topological polar surface area (TPSA) is 122 Å². The number of hydrogen-bond donors (Lipinski definition) is 2. The van der Waals surface area contributed by atoms with Gasteiger partial charge in [0.2, 0.25) is 0 Å². The molecule has 0 radical (unpaired) electrons. The third-order valence-electron chi connectivity index (χ3n) is 9.34. The van der Waals surface area contributed by atoms with E-state index in [4.69, 9.17) is 21.3 Å².